The van der Waals surface area contributed by atoms with Crippen molar-refractivity contribution in [2.45, 2.75) is 32.4 Å². The molecule has 132 valence electrons. The number of amides is 2. The van der Waals surface area contributed by atoms with Crippen LogP contribution in [0.3, 0.4) is 0 Å². The lowest BCUT2D eigenvalue weighted by Gasteiger charge is -2.30. The van der Waals surface area contributed by atoms with Crippen molar-refractivity contribution in [1.29, 1.82) is 0 Å². The third kappa shape index (κ3) is 6.00. The Hall–Kier alpha value is -2.73. The first-order valence-electron chi connectivity index (χ1n) is 8.19. The molecule has 0 unspecified atom stereocenters. The van der Waals surface area contributed by atoms with Gasteiger partial charge in [0.25, 0.3) is 0 Å². The molecular weight excluding hydrogens is 316 g/mol. The molecule has 0 spiro atoms. The van der Waals surface area contributed by atoms with E-state index < -0.39 is 11.8 Å². The second kappa shape index (κ2) is 8.39. The van der Waals surface area contributed by atoms with Crippen molar-refractivity contribution in [2.24, 2.45) is 0 Å². The van der Waals surface area contributed by atoms with E-state index in [1.807, 2.05) is 44.2 Å². The zero-order chi connectivity index (χ0) is 18.3. The maximum absolute atomic E-state index is 12.0. The Kier molecular flexibility index (Phi) is 6.25. The molecule has 1 atom stereocenters. The van der Waals surface area contributed by atoms with E-state index in [-0.39, 0.29) is 11.6 Å². The number of aromatic nitrogens is 1. The highest BCUT2D eigenvalue weighted by Crippen LogP contribution is 2.15. The molecule has 0 saturated carbocycles. The highest BCUT2D eigenvalue weighted by Gasteiger charge is 2.23. The minimum Gasteiger partial charge on any atom is -0.346 e. The van der Waals surface area contributed by atoms with E-state index in [1.54, 1.807) is 18.3 Å². The van der Waals surface area contributed by atoms with Crippen molar-refractivity contribution in [3.8, 4) is 0 Å². The molecule has 2 rings (SSSR count). The van der Waals surface area contributed by atoms with Gasteiger partial charge < -0.3 is 16.0 Å². The molecule has 0 bridgehead atoms. The van der Waals surface area contributed by atoms with E-state index in [0.29, 0.717) is 12.2 Å². The van der Waals surface area contributed by atoms with Crippen LogP contribution < -0.4 is 16.0 Å². The number of rotatable bonds is 6. The molecule has 0 aliphatic rings. The largest absolute Gasteiger partial charge is 0.346 e. The fourth-order valence-corrected chi connectivity index (χ4v) is 2.47. The Labute approximate surface area is 148 Å². The number of pyridine rings is 1. The van der Waals surface area contributed by atoms with Gasteiger partial charge in [0.15, 0.2) is 0 Å². The number of hydrogen-bond acceptors (Lipinski definition) is 4. The monoisotopic (exact) mass is 340 g/mol. The first-order valence-corrected chi connectivity index (χ1v) is 8.19. The van der Waals surface area contributed by atoms with Crippen LogP contribution in [-0.4, -0.2) is 28.9 Å². The van der Waals surface area contributed by atoms with Gasteiger partial charge in [-0.25, -0.2) is 0 Å². The molecule has 0 radical (unpaired) electrons. The Morgan fingerprint density at radius 3 is 2.44 bits per heavy atom. The second-order valence-electron chi connectivity index (χ2n) is 6.54. The number of hydrogen-bond donors (Lipinski definition) is 3. The standard InChI is InChI=1S/C19H24N4O2/c1-14(15-8-5-4-6-9-15)23-19(2,3)13-21-17(24)18(25)22-16-10-7-11-20-12-16/h4-12,14,23H,13H2,1-3H3,(H,21,24)(H,22,25)/t14-/m1/s1. The third-order valence-corrected chi connectivity index (χ3v) is 3.72. The summed E-state index contributed by atoms with van der Waals surface area (Å²) in [6.45, 7) is 6.34. The number of anilines is 1. The molecule has 0 fully saturated rings. The van der Waals surface area contributed by atoms with E-state index in [9.17, 15) is 9.59 Å². The van der Waals surface area contributed by atoms with Gasteiger partial charge >= 0.3 is 11.8 Å². The fraction of sp³-hybridized carbons (Fsp3) is 0.316. The summed E-state index contributed by atoms with van der Waals surface area (Å²) < 4.78 is 0. The molecule has 0 saturated heterocycles. The molecule has 1 aromatic carbocycles. The van der Waals surface area contributed by atoms with E-state index in [2.05, 4.69) is 27.9 Å². The first kappa shape index (κ1) is 18.6. The summed E-state index contributed by atoms with van der Waals surface area (Å²) in [6, 6.07) is 13.5. The molecular formula is C19H24N4O2. The number of carbonyl (C=O) groups excluding carboxylic acids is 2. The van der Waals surface area contributed by atoms with Gasteiger partial charge in [0.2, 0.25) is 0 Å². The topological polar surface area (TPSA) is 83.1 Å². The zero-order valence-corrected chi connectivity index (χ0v) is 14.7. The number of nitrogens with one attached hydrogen (secondary N) is 3. The Bertz CT molecular complexity index is 702. The maximum Gasteiger partial charge on any atom is 0.313 e. The fourth-order valence-electron chi connectivity index (χ4n) is 2.47. The minimum atomic E-state index is -0.708. The molecule has 3 N–H and O–H groups in total. The predicted octanol–water partition coefficient (Wildman–Crippen LogP) is 2.27. The van der Waals surface area contributed by atoms with Gasteiger partial charge in [0.1, 0.15) is 0 Å². The molecule has 2 aromatic rings. The lowest BCUT2D eigenvalue weighted by Crippen LogP contribution is -2.51. The van der Waals surface area contributed by atoms with Gasteiger partial charge in [-0.3, -0.25) is 14.6 Å². The molecule has 1 aromatic heterocycles. The average molecular weight is 340 g/mol. The minimum absolute atomic E-state index is 0.123. The van der Waals surface area contributed by atoms with E-state index in [1.165, 1.54) is 6.20 Å². The Morgan fingerprint density at radius 1 is 1.08 bits per heavy atom. The number of benzene rings is 1. The van der Waals surface area contributed by atoms with Crippen LogP contribution >= 0.6 is 0 Å². The molecule has 25 heavy (non-hydrogen) atoms. The zero-order valence-electron chi connectivity index (χ0n) is 14.7. The van der Waals surface area contributed by atoms with Gasteiger partial charge in [0, 0.05) is 24.3 Å². The quantitative estimate of drug-likeness (QED) is 0.705. The van der Waals surface area contributed by atoms with Crippen molar-refractivity contribution in [3.05, 3.63) is 60.4 Å². The van der Waals surface area contributed by atoms with Crippen molar-refractivity contribution in [3.63, 3.8) is 0 Å². The van der Waals surface area contributed by atoms with Crippen molar-refractivity contribution in [2.75, 3.05) is 11.9 Å². The lowest BCUT2D eigenvalue weighted by atomic mass is 10.0. The van der Waals surface area contributed by atoms with Crippen molar-refractivity contribution < 1.29 is 9.59 Å². The van der Waals surface area contributed by atoms with Gasteiger partial charge in [0.05, 0.1) is 11.9 Å². The van der Waals surface area contributed by atoms with Crippen molar-refractivity contribution in [1.82, 2.24) is 15.6 Å². The van der Waals surface area contributed by atoms with Crippen molar-refractivity contribution >= 4 is 17.5 Å². The van der Waals surface area contributed by atoms with Gasteiger partial charge in [-0.1, -0.05) is 30.3 Å². The summed E-state index contributed by atoms with van der Waals surface area (Å²) in [5.74, 6) is -1.38. The van der Waals surface area contributed by atoms with Crippen LogP contribution in [0.1, 0.15) is 32.4 Å². The highest BCUT2D eigenvalue weighted by molar-refractivity contribution is 6.39. The maximum atomic E-state index is 12.0. The number of carbonyl (C=O) groups is 2. The summed E-state index contributed by atoms with van der Waals surface area (Å²) >= 11 is 0. The van der Waals surface area contributed by atoms with Crippen LogP contribution in [0.4, 0.5) is 5.69 Å². The molecule has 0 aliphatic carbocycles. The third-order valence-electron chi connectivity index (χ3n) is 3.72. The van der Waals surface area contributed by atoms with E-state index in [0.717, 1.165) is 5.56 Å². The second-order valence-corrected chi connectivity index (χ2v) is 6.54. The van der Waals surface area contributed by atoms with Gasteiger partial charge in [-0.05, 0) is 38.5 Å². The number of nitrogens with zero attached hydrogens (tertiary/aromatic N) is 1. The average Bonchev–Trinajstić information content (AvgIpc) is 2.61. The highest BCUT2D eigenvalue weighted by atomic mass is 16.2. The molecule has 1 heterocycles. The molecule has 0 aliphatic heterocycles. The summed E-state index contributed by atoms with van der Waals surface area (Å²) in [7, 11) is 0. The molecule has 6 heteroatoms. The summed E-state index contributed by atoms with van der Waals surface area (Å²) in [5, 5.41) is 8.64. The van der Waals surface area contributed by atoms with E-state index >= 15 is 0 Å². The van der Waals surface area contributed by atoms with Gasteiger partial charge in [-0.2, -0.15) is 0 Å². The van der Waals surface area contributed by atoms with Crippen LogP contribution in [0.2, 0.25) is 0 Å². The van der Waals surface area contributed by atoms with Gasteiger partial charge in [-0.15, -0.1) is 0 Å². The SMILES string of the molecule is C[C@@H](NC(C)(C)CNC(=O)C(=O)Nc1cccnc1)c1ccccc1. The predicted molar refractivity (Wildman–Crippen MR) is 97.9 cm³/mol. The summed E-state index contributed by atoms with van der Waals surface area (Å²) in [4.78, 5) is 27.8. The normalized spacial score (nSPS) is 12.3. The first-order chi connectivity index (χ1) is 11.9. The molecule has 6 nitrogen and oxygen atoms in total. The smallest absolute Gasteiger partial charge is 0.313 e. The summed E-state index contributed by atoms with van der Waals surface area (Å²) in [5.41, 5.74) is 1.27. The van der Waals surface area contributed by atoms with Crippen LogP contribution in [0.15, 0.2) is 54.9 Å². The van der Waals surface area contributed by atoms with Crippen LogP contribution in [0, 0.1) is 0 Å². The Balaban J connectivity index is 1.84. The summed E-state index contributed by atoms with van der Waals surface area (Å²) in [6.07, 6.45) is 3.08. The van der Waals surface area contributed by atoms with E-state index in [4.69, 9.17) is 0 Å². The lowest BCUT2D eigenvalue weighted by molar-refractivity contribution is -0.136. The van der Waals surface area contributed by atoms with Crippen LogP contribution in [0.25, 0.3) is 0 Å². The molecule has 2 amide bonds. The Morgan fingerprint density at radius 2 is 1.80 bits per heavy atom. The van der Waals surface area contributed by atoms with Crippen LogP contribution in [0.5, 0.6) is 0 Å². The van der Waals surface area contributed by atoms with Crippen LogP contribution in [-0.2, 0) is 9.59 Å².